The SMILES string of the molecule is COC(=O)C(C)(C)[C@@H](N)c1cc(C)cc(C(=O)O)c1O.Cl. The third kappa shape index (κ3) is 3.65. The molecule has 0 amide bonds. The van der Waals surface area contributed by atoms with Gasteiger partial charge in [0.05, 0.1) is 12.5 Å². The number of hydrogen-bond donors (Lipinski definition) is 3. The number of carboxylic acids is 1. The Morgan fingerprint density at radius 3 is 2.29 bits per heavy atom. The van der Waals surface area contributed by atoms with Crippen LogP contribution in [-0.2, 0) is 9.53 Å². The Balaban J connectivity index is 0.00000400. The molecule has 21 heavy (non-hydrogen) atoms. The van der Waals surface area contributed by atoms with Gasteiger partial charge in [-0.1, -0.05) is 6.07 Å². The number of carboxylic acid groups (broad SMARTS) is 1. The molecule has 0 unspecified atom stereocenters. The summed E-state index contributed by atoms with van der Waals surface area (Å²) in [6.07, 6.45) is 0. The van der Waals surface area contributed by atoms with E-state index in [4.69, 9.17) is 10.8 Å². The fourth-order valence-corrected chi connectivity index (χ4v) is 1.99. The minimum atomic E-state index is -1.25. The number of phenols is 1. The van der Waals surface area contributed by atoms with Crippen molar-refractivity contribution in [3.05, 3.63) is 28.8 Å². The monoisotopic (exact) mass is 317 g/mol. The molecule has 0 bridgehead atoms. The van der Waals surface area contributed by atoms with Crippen LogP contribution < -0.4 is 5.73 Å². The van der Waals surface area contributed by atoms with Gasteiger partial charge in [-0.15, -0.1) is 12.4 Å². The Kier molecular flexibility index (Phi) is 6.20. The molecule has 6 nitrogen and oxygen atoms in total. The molecule has 0 spiro atoms. The topological polar surface area (TPSA) is 110 Å². The minimum absolute atomic E-state index is 0. The van der Waals surface area contributed by atoms with E-state index in [1.54, 1.807) is 26.8 Å². The highest BCUT2D eigenvalue weighted by atomic mass is 35.5. The van der Waals surface area contributed by atoms with Crippen LogP contribution in [0.1, 0.15) is 41.4 Å². The highest BCUT2D eigenvalue weighted by Gasteiger charge is 2.38. The molecule has 1 atom stereocenters. The third-order valence-corrected chi connectivity index (χ3v) is 3.34. The maximum atomic E-state index is 11.8. The third-order valence-electron chi connectivity index (χ3n) is 3.34. The van der Waals surface area contributed by atoms with Crippen LogP contribution in [0.3, 0.4) is 0 Å². The van der Waals surface area contributed by atoms with Gasteiger partial charge in [0.25, 0.3) is 0 Å². The van der Waals surface area contributed by atoms with Crippen LogP contribution in [0.5, 0.6) is 5.75 Å². The Morgan fingerprint density at radius 1 is 1.33 bits per heavy atom. The molecule has 0 aromatic heterocycles. The molecule has 7 heteroatoms. The van der Waals surface area contributed by atoms with Gasteiger partial charge in [-0.05, 0) is 32.4 Å². The van der Waals surface area contributed by atoms with Gasteiger partial charge in [-0.2, -0.15) is 0 Å². The van der Waals surface area contributed by atoms with Gasteiger partial charge in [-0.25, -0.2) is 4.79 Å². The second-order valence-corrected chi connectivity index (χ2v) is 5.25. The fraction of sp³-hybridized carbons (Fsp3) is 0.429. The molecule has 0 fully saturated rings. The van der Waals surface area contributed by atoms with Gasteiger partial charge in [0.1, 0.15) is 11.3 Å². The number of halogens is 1. The molecule has 0 aliphatic carbocycles. The van der Waals surface area contributed by atoms with Crippen molar-refractivity contribution in [1.82, 2.24) is 0 Å². The normalized spacial score (nSPS) is 12.2. The number of esters is 1. The Bertz CT molecular complexity index is 557. The second kappa shape index (κ2) is 6.78. The van der Waals surface area contributed by atoms with Crippen LogP contribution in [0.15, 0.2) is 12.1 Å². The molecule has 0 saturated carbocycles. The first kappa shape index (κ1) is 19.2. The van der Waals surface area contributed by atoms with Crippen molar-refractivity contribution < 1.29 is 24.5 Å². The zero-order valence-corrected chi connectivity index (χ0v) is 13.2. The number of carbonyl (C=O) groups excluding carboxylic acids is 1. The highest BCUT2D eigenvalue weighted by Crippen LogP contribution is 2.38. The van der Waals surface area contributed by atoms with Crippen molar-refractivity contribution in [2.45, 2.75) is 26.8 Å². The van der Waals surface area contributed by atoms with Crippen molar-refractivity contribution in [3.63, 3.8) is 0 Å². The molecule has 0 radical (unpaired) electrons. The number of hydrogen-bond acceptors (Lipinski definition) is 5. The van der Waals surface area contributed by atoms with Crippen molar-refractivity contribution >= 4 is 24.3 Å². The molecular weight excluding hydrogens is 298 g/mol. The molecule has 1 aromatic carbocycles. The Morgan fingerprint density at radius 2 is 1.86 bits per heavy atom. The lowest BCUT2D eigenvalue weighted by molar-refractivity contribution is -0.152. The van der Waals surface area contributed by atoms with Crippen molar-refractivity contribution in [2.24, 2.45) is 11.1 Å². The summed E-state index contributed by atoms with van der Waals surface area (Å²) in [6.45, 7) is 4.84. The van der Waals surface area contributed by atoms with E-state index in [-0.39, 0.29) is 23.5 Å². The summed E-state index contributed by atoms with van der Waals surface area (Å²) in [5.74, 6) is -2.22. The van der Waals surface area contributed by atoms with Crippen LogP contribution >= 0.6 is 12.4 Å². The molecule has 0 aliphatic rings. The van der Waals surface area contributed by atoms with Gasteiger partial charge < -0.3 is 20.7 Å². The summed E-state index contributed by atoms with van der Waals surface area (Å²) < 4.78 is 4.69. The largest absolute Gasteiger partial charge is 0.507 e. The van der Waals surface area contributed by atoms with E-state index in [2.05, 4.69) is 4.74 Å². The van der Waals surface area contributed by atoms with E-state index < -0.39 is 29.1 Å². The fourth-order valence-electron chi connectivity index (χ4n) is 1.99. The summed E-state index contributed by atoms with van der Waals surface area (Å²) in [4.78, 5) is 22.9. The van der Waals surface area contributed by atoms with Gasteiger partial charge in [0, 0.05) is 11.6 Å². The van der Waals surface area contributed by atoms with E-state index in [1.165, 1.54) is 13.2 Å². The number of rotatable bonds is 4. The predicted octanol–water partition coefficient (Wildman–Crippen LogP) is 2.02. The van der Waals surface area contributed by atoms with Gasteiger partial charge in [0.15, 0.2) is 0 Å². The number of carbonyl (C=O) groups is 2. The molecule has 1 rings (SSSR count). The summed E-state index contributed by atoms with van der Waals surface area (Å²) >= 11 is 0. The van der Waals surface area contributed by atoms with Gasteiger partial charge in [-0.3, -0.25) is 4.79 Å². The van der Waals surface area contributed by atoms with Gasteiger partial charge >= 0.3 is 11.9 Å². The van der Waals surface area contributed by atoms with Crippen molar-refractivity contribution in [1.29, 1.82) is 0 Å². The van der Waals surface area contributed by atoms with Crippen LogP contribution in [-0.4, -0.2) is 29.3 Å². The number of methoxy groups -OCH3 is 1. The summed E-state index contributed by atoms with van der Waals surface area (Å²) in [5.41, 5.74) is 5.53. The van der Waals surface area contributed by atoms with E-state index in [0.717, 1.165) is 0 Å². The molecule has 1 aromatic rings. The lowest BCUT2D eigenvalue weighted by Gasteiger charge is -2.29. The second-order valence-electron chi connectivity index (χ2n) is 5.25. The van der Waals surface area contributed by atoms with E-state index in [1.807, 2.05) is 0 Å². The van der Waals surface area contributed by atoms with Crippen LogP contribution in [0, 0.1) is 12.3 Å². The van der Waals surface area contributed by atoms with Crippen LogP contribution in [0.25, 0.3) is 0 Å². The molecule has 118 valence electrons. The zero-order chi connectivity index (χ0) is 15.7. The Hall–Kier alpha value is -1.79. The molecule has 0 heterocycles. The van der Waals surface area contributed by atoms with Crippen LogP contribution in [0.2, 0.25) is 0 Å². The lowest BCUT2D eigenvalue weighted by atomic mass is 9.80. The van der Waals surface area contributed by atoms with Crippen molar-refractivity contribution in [2.75, 3.05) is 7.11 Å². The standard InChI is InChI=1S/C14H19NO5.ClH/c1-7-5-8(10(16)9(6-7)12(17)18)11(15)14(2,3)13(19)20-4;/h5-6,11,16H,15H2,1-4H3,(H,17,18);1H/t11-;/m0./s1. The number of benzene rings is 1. The number of aromatic hydroxyl groups is 1. The Labute approximate surface area is 129 Å². The average Bonchev–Trinajstić information content (AvgIpc) is 2.38. The maximum absolute atomic E-state index is 11.8. The lowest BCUT2D eigenvalue weighted by Crippen LogP contribution is -2.37. The van der Waals surface area contributed by atoms with Crippen LogP contribution in [0.4, 0.5) is 0 Å². The minimum Gasteiger partial charge on any atom is -0.507 e. The smallest absolute Gasteiger partial charge is 0.339 e. The van der Waals surface area contributed by atoms with Crippen molar-refractivity contribution in [3.8, 4) is 5.75 Å². The summed E-state index contributed by atoms with van der Waals surface area (Å²) in [5, 5.41) is 19.1. The summed E-state index contributed by atoms with van der Waals surface area (Å²) in [6, 6.07) is 2.02. The van der Waals surface area contributed by atoms with E-state index in [9.17, 15) is 14.7 Å². The maximum Gasteiger partial charge on any atom is 0.339 e. The summed E-state index contributed by atoms with van der Waals surface area (Å²) in [7, 11) is 1.25. The number of aromatic carboxylic acids is 1. The highest BCUT2D eigenvalue weighted by molar-refractivity contribution is 5.91. The molecular formula is C14H20ClNO5. The van der Waals surface area contributed by atoms with E-state index >= 15 is 0 Å². The zero-order valence-electron chi connectivity index (χ0n) is 12.3. The molecule has 0 saturated heterocycles. The first-order valence-electron chi connectivity index (χ1n) is 6.03. The first-order chi connectivity index (χ1) is 9.12. The molecule has 4 N–H and O–H groups in total. The van der Waals surface area contributed by atoms with Gasteiger partial charge in [0.2, 0.25) is 0 Å². The first-order valence-corrected chi connectivity index (χ1v) is 6.03. The average molecular weight is 318 g/mol. The number of aryl methyl sites for hydroxylation is 1. The number of nitrogens with two attached hydrogens (primary N) is 1. The molecule has 0 aliphatic heterocycles. The quantitative estimate of drug-likeness (QED) is 0.733. The number of ether oxygens (including phenoxy) is 1. The predicted molar refractivity (Wildman–Crippen MR) is 79.8 cm³/mol. The van der Waals surface area contributed by atoms with E-state index in [0.29, 0.717) is 5.56 Å².